The largest absolute Gasteiger partial charge is 0.274 e. The molecule has 0 saturated carbocycles. The molecular formula is C10H20OS2. The van der Waals surface area contributed by atoms with Crippen molar-refractivity contribution in [1.29, 1.82) is 0 Å². The molecular weight excluding hydrogens is 200 g/mol. The van der Waals surface area contributed by atoms with Crippen LogP contribution in [0.4, 0.5) is 4.79 Å². The molecule has 0 fully saturated rings. The van der Waals surface area contributed by atoms with Gasteiger partial charge in [-0.3, -0.25) is 4.79 Å². The van der Waals surface area contributed by atoms with Crippen LogP contribution < -0.4 is 0 Å². The third-order valence-corrected chi connectivity index (χ3v) is 3.88. The summed E-state index contributed by atoms with van der Waals surface area (Å²) in [5.74, 6) is 0. The van der Waals surface area contributed by atoms with Gasteiger partial charge in [0.25, 0.3) is 0 Å². The zero-order chi connectivity index (χ0) is 10.1. The van der Waals surface area contributed by atoms with E-state index in [0.717, 1.165) is 0 Å². The van der Waals surface area contributed by atoms with Gasteiger partial charge in [0, 0.05) is 5.25 Å². The average molecular weight is 220 g/mol. The van der Waals surface area contributed by atoms with Gasteiger partial charge in [-0.05, 0) is 12.7 Å². The average Bonchev–Trinajstić information content (AvgIpc) is 2.12. The Balaban J connectivity index is 3.29. The first kappa shape index (κ1) is 13.4. The highest BCUT2D eigenvalue weighted by atomic mass is 32.2. The van der Waals surface area contributed by atoms with Gasteiger partial charge in [-0.25, -0.2) is 0 Å². The topological polar surface area (TPSA) is 17.1 Å². The van der Waals surface area contributed by atoms with Crippen molar-refractivity contribution < 1.29 is 4.79 Å². The summed E-state index contributed by atoms with van der Waals surface area (Å²) in [6.45, 7) is 4.36. The number of rotatable bonds is 6. The molecule has 0 aromatic heterocycles. The van der Waals surface area contributed by atoms with E-state index < -0.39 is 0 Å². The Morgan fingerprint density at radius 2 is 2.00 bits per heavy atom. The van der Waals surface area contributed by atoms with Gasteiger partial charge in [0.05, 0.1) is 0 Å². The Morgan fingerprint density at radius 1 is 1.31 bits per heavy atom. The van der Waals surface area contributed by atoms with Crippen LogP contribution in [0.25, 0.3) is 0 Å². The quantitative estimate of drug-likeness (QED) is 0.611. The van der Waals surface area contributed by atoms with Gasteiger partial charge >= 0.3 is 0 Å². The molecule has 0 N–H and O–H groups in total. The van der Waals surface area contributed by atoms with Crippen molar-refractivity contribution in [2.45, 2.75) is 51.2 Å². The number of thioether (sulfide) groups is 2. The summed E-state index contributed by atoms with van der Waals surface area (Å²) in [6, 6.07) is 0. The number of hydrogen-bond donors (Lipinski definition) is 0. The molecule has 1 atom stereocenters. The summed E-state index contributed by atoms with van der Waals surface area (Å²) in [6.07, 6.45) is 8.22. The van der Waals surface area contributed by atoms with Gasteiger partial charge in [-0.15, -0.1) is 0 Å². The first-order valence-electron chi connectivity index (χ1n) is 4.95. The maximum atomic E-state index is 11.0. The van der Waals surface area contributed by atoms with Crippen LogP contribution >= 0.6 is 23.5 Å². The first-order valence-corrected chi connectivity index (χ1v) is 7.05. The van der Waals surface area contributed by atoms with Crippen LogP contribution in [0.1, 0.15) is 46.0 Å². The van der Waals surface area contributed by atoms with Crippen molar-refractivity contribution in [2.24, 2.45) is 0 Å². The van der Waals surface area contributed by atoms with Gasteiger partial charge in [0.1, 0.15) is 0 Å². The van der Waals surface area contributed by atoms with Crippen LogP contribution in [-0.4, -0.2) is 16.0 Å². The van der Waals surface area contributed by atoms with Crippen molar-refractivity contribution in [2.75, 3.05) is 6.26 Å². The van der Waals surface area contributed by atoms with E-state index in [4.69, 9.17) is 0 Å². The molecule has 0 aromatic rings. The summed E-state index contributed by atoms with van der Waals surface area (Å²) in [4.78, 5) is 11.0. The van der Waals surface area contributed by atoms with Crippen LogP contribution in [0.15, 0.2) is 0 Å². The molecule has 0 amide bonds. The van der Waals surface area contributed by atoms with Crippen LogP contribution in [0, 0.1) is 0 Å². The van der Waals surface area contributed by atoms with Gasteiger partial charge in [-0.2, -0.15) is 0 Å². The summed E-state index contributed by atoms with van der Waals surface area (Å²) < 4.78 is 0.253. The lowest BCUT2D eigenvalue weighted by molar-refractivity contribution is 0.276. The molecule has 0 saturated heterocycles. The molecule has 0 aliphatic heterocycles. The van der Waals surface area contributed by atoms with Crippen LogP contribution in [0.3, 0.4) is 0 Å². The Bertz CT molecular complexity index is 137. The molecule has 78 valence electrons. The van der Waals surface area contributed by atoms with Crippen LogP contribution in [0.5, 0.6) is 0 Å². The van der Waals surface area contributed by atoms with Gasteiger partial charge < -0.3 is 0 Å². The molecule has 3 heteroatoms. The normalized spacial score (nSPS) is 12.8. The smallest absolute Gasteiger partial charge is 0.246 e. The molecule has 0 aromatic carbocycles. The number of carbonyl (C=O) groups excluding carboxylic acids is 1. The van der Waals surface area contributed by atoms with Crippen molar-refractivity contribution in [1.82, 2.24) is 0 Å². The fourth-order valence-electron chi connectivity index (χ4n) is 1.13. The zero-order valence-corrected chi connectivity index (χ0v) is 10.5. The molecule has 0 aliphatic carbocycles. The standard InChI is InChI=1S/C10H20OS2/c1-4-5-6-7-8-9(2)13-10(11)12-3/h9H,4-8H2,1-3H3/t9-/m1/s1. The van der Waals surface area contributed by atoms with E-state index in [1.165, 1.54) is 55.6 Å². The highest BCUT2D eigenvalue weighted by Gasteiger charge is 2.07. The zero-order valence-electron chi connectivity index (χ0n) is 8.84. The maximum absolute atomic E-state index is 11.0. The summed E-state index contributed by atoms with van der Waals surface area (Å²) in [5, 5.41) is 0.497. The van der Waals surface area contributed by atoms with E-state index in [1.807, 2.05) is 6.26 Å². The highest BCUT2D eigenvalue weighted by Crippen LogP contribution is 2.23. The SMILES string of the molecule is CCCCCC[C@@H](C)SC(=O)SC. The van der Waals surface area contributed by atoms with E-state index in [2.05, 4.69) is 13.8 Å². The van der Waals surface area contributed by atoms with Crippen molar-refractivity contribution >= 4 is 28.0 Å². The Hall–Kier alpha value is 0.370. The summed E-state index contributed by atoms with van der Waals surface area (Å²) >= 11 is 2.80. The lowest BCUT2D eigenvalue weighted by Crippen LogP contribution is -1.98. The first-order chi connectivity index (χ1) is 6.20. The number of unbranched alkanes of at least 4 members (excludes halogenated alkanes) is 3. The molecule has 1 nitrogen and oxygen atoms in total. The third-order valence-electron chi connectivity index (χ3n) is 1.93. The predicted molar refractivity (Wildman–Crippen MR) is 64.7 cm³/mol. The van der Waals surface area contributed by atoms with E-state index in [9.17, 15) is 4.79 Å². The minimum absolute atomic E-state index is 0.253. The number of hydrogen-bond acceptors (Lipinski definition) is 3. The monoisotopic (exact) mass is 220 g/mol. The Morgan fingerprint density at radius 3 is 2.54 bits per heavy atom. The van der Waals surface area contributed by atoms with Gasteiger partial charge in [0.2, 0.25) is 4.45 Å². The van der Waals surface area contributed by atoms with Gasteiger partial charge in [-0.1, -0.05) is 63.1 Å². The van der Waals surface area contributed by atoms with E-state index in [-0.39, 0.29) is 4.45 Å². The second-order valence-electron chi connectivity index (χ2n) is 3.23. The summed E-state index contributed by atoms with van der Waals surface area (Å²) in [5.41, 5.74) is 0. The van der Waals surface area contributed by atoms with Crippen LogP contribution in [0.2, 0.25) is 0 Å². The lowest BCUT2D eigenvalue weighted by atomic mass is 10.1. The minimum Gasteiger partial charge on any atom is -0.274 e. The second kappa shape index (κ2) is 8.95. The second-order valence-corrected chi connectivity index (χ2v) is 5.68. The maximum Gasteiger partial charge on any atom is 0.246 e. The third kappa shape index (κ3) is 8.69. The van der Waals surface area contributed by atoms with E-state index in [0.29, 0.717) is 5.25 Å². The predicted octanol–water partition coefficient (Wildman–Crippen LogP) is 4.56. The van der Waals surface area contributed by atoms with E-state index >= 15 is 0 Å². The summed E-state index contributed by atoms with van der Waals surface area (Å²) in [7, 11) is 0. The van der Waals surface area contributed by atoms with Crippen molar-refractivity contribution in [3.8, 4) is 0 Å². The minimum atomic E-state index is 0.253. The molecule has 0 unspecified atom stereocenters. The fourth-order valence-corrected chi connectivity index (χ4v) is 2.62. The molecule has 0 aliphatic rings. The van der Waals surface area contributed by atoms with Crippen LogP contribution in [-0.2, 0) is 0 Å². The molecule has 0 spiro atoms. The molecule has 0 bridgehead atoms. The Labute approximate surface area is 90.4 Å². The molecule has 0 rings (SSSR count). The Kier molecular flexibility index (Phi) is 9.20. The molecule has 0 heterocycles. The van der Waals surface area contributed by atoms with Gasteiger partial charge in [0.15, 0.2) is 0 Å². The van der Waals surface area contributed by atoms with E-state index in [1.54, 1.807) is 0 Å². The number of carbonyl (C=O) groups is 1. The van der Waals surface area contributed by atoms with Crippen molar-refractivity contribution in [3.05, 3.63) is 0 Å². The molecule has 0 radical (unpaired) electrons. The van der Waals surface area contributed by atoms with Crippen molar-refractivity contribution in [3.63, 3.8) is 0 Å². The lowest BCUT2D eigenvalue weighted by Gasteiger charge is -2.07. The fraction of sp³-hybridized carbons (Fsp3) is 0.900. The molecule has 13 heavy (non-hydrogen) atoms. The highest BCUT2D eigenvalue weighted by molar-refractivity contribution is 8.38.